The predicted molar refractivity (Wildman–Crippen MR) is 122 cm³/mol. The van der Waals surface area contributed by atoms with Gasteiger partial charge in [0.2, 0.25) is 0 Å². The maximum atomic E-state index is 7.55. The molecule has 0 aliphatic heterocycles. The van der Waals surface area contributed by atoms with Crippen LogP contribution in [0.3, 0.4) is 0 Å². The van der Waals surface area contributed by atoms with Crippen molar-refractivity contribution in [2.45, 2.75) is 71.9 Å². The van der Waals surface area contributed by atoms with Crippen molar-refractivity contribution in [3.8, 4) is 0 Å². The molecule has 28 heavy (non-hydrogen) atoms. The minimum atomic E-state index is -2.46. The fraction of sp³-hybridized carbons (Fsp3) is 0.538. The van der Waals surface area contributed by atoms with E-state index in [-0.39, 0.29) is 10.5 Å². The van der Waals surface area contributed by atoms with Crippen molar-refractivity contribution in [1.29, 1.82) is 0 Å². The Morgan fingerprint density at radius 1 is 0.857 bits per heavy atom. The smallest absolute Gasteiger partial charge is 0.261 e. The molecule has 0 N–H and O–H groups in total. The van der Waals surface area contributed by atoms with Gasteiger partial charge in [-0.15, -0.1) is 0 Å². The highest BCUT2D eigenvalue weighted by Gasteiger charge is 2.64. The van der Waals surface area contributed by atoms with Crippen LogP contribution >= 0.6 is 0 Å². The molecule has 0 spiro atoms. The maximum absolute atomic E-state index is 7.55. The van der Waals surface area contributed by atoms with Gasteiger partial charge in [0, 0.05) is 0 Å². The number of rotatable bonds is 4. The SMILES string of the molecule is CC1(C)[C@@H]2CC[C@@]1(C)[C@@H](O[Si](c1ccccc1)(c1ccccc1)C(C)(C)C)C2. The van der Waals surface area contributed by atoms with Crippen molar-refractivity contribution in [3.05, 3.63) is 60.7 Å². The molecule has 0 amide bonds. The molecule has 2 bridgehead atoms. The van der Waals surface area contributed by atoms with E-state index in [1.807, 2.05) is 0 Å². The van der Waals surface area contributed by atoms with E-state index in [1.165, 1.54) is 29.6 Å². The minimum Gasteiger partial charge on any atom is -0.404 e. The lowest BCUT2D eigenvalue weighted by atomic mass is 9.70. The summed E-state index contributed by atoms with van der Waals surface area (Å²) in [6, 6.07) is 22.2. The second-order valence-corrected chi connectivity index (χ2v) is 15.1. The summed E-state index contributed by atoms with van der Waals surface area (Å²) in [5.41, 5.74) is 0.633. The first-order valence-corrected chi connectivity index (χ1v) is 12.8. The third-order valence-electron chi connectivity index (χ3n) is 8.45. The minimum absolute atomic E-state index is 0.0536. The Morgan fingerprint density at radius 2 is 1.36 bits per heavy atom. The van der Waals surface area contributed by atoms with Crippen LogP contribution in [-0.4, -0.2) is 14.4 Å². The van der Waals surface area contributed by atoms with Crippen LogP contribution in [0.4, 0.5) is 0 Å². The van der Waals surface area contributed by atoms with Crippen molar-refractivity contribution in [3.63, 3.8) is 0 Å². The molecule has 4 rings (SSSR count). The zero-order chi connectivity index (χ0) is 20.2. The van der Waals surface area contributed by atoms with Crippen molar-refractivity contribution < 1.29 is 4.43 Å². The summed E-state index contributed by atoms with van der Waals surface area (Å²) in [5.74, 6) is 0.792. The molecule has 2 fully saturated rings. The quantitative estimate of drug-likeness (QED) is 0.600. The molecule has 1 nitrogen and oxygen atoms in total. The van der Waals surface area contributed by atoms with E-state index in [2.05, 4.69) is 102 Å². The van der Waals surface area contributed by atoms with Crippen LogP contribution < -0.4 is 10.4 Å². The Labute approximate surface area is 172 Å². The largest absolute Gasteiger partial charge is 0.404 e. The fourth-order valence-electron chi connectivity index (χ4n) is 6.21. The van der Waals surface area contributed by atoms with Gasteiger partial charge in [-0.2, -0.15) is 0 Å². The normalized spacial score (nSPS) is 29.2. The van der Waals surface area contributed by atoms with Crippen LogP contribution in [0.1, 0.15) is 60.8 Å². The monoisotopic (exact) mass is 392 g/mol. The van der Waals surface area contributed by atoms with Gasteiger partial charge >= 0.3 is 0 Å². The van der Waals surface area contributed by atoms with Crippen molar-refractivity contribution >= 4 is 18.7 Å². The average Bonchev–Trinajstić information content (AvgIpc) is 3.00. The summed E-state index contributed by atoms with van der Waals surface area (Å²) in [4.78, 5) is 0. The second-order valence-electron chi connectivity index (χ2n) is 10.9. The first kappa shape index (κ1) is 19.9. The molecular weight excluding hydrogens is 356 g/mol. The molecule has 2 saturated carbocycles. The summed E-state index contributed by atoms with van der Waals surface area (Å²) >= 11 is 0. The van der Waals surface area contributed by atoms with E-state index in [9.17, 15) is 0 Å². The van der Waals surface area contributed by atoms with E-state index in [1.54, 1.807) is 0 Å². The van der Waals surface area contributed by atoms with Crippen LogP contribution in [0.15, 0.2) is 60.7 Å². The van der Waals surface area contributed by atoms with Crippen molar-refractivity contribution in [2.24, 2.45) is 16.7 Å². The molecule has 2 aromatic carbocycles. The number of fused-ring (bicyclic) bond motifs is 2. The number of hydrogen-bond donors (Lipinski definition) is 0. The topological polar surface area (TPSA) is 9.23 Å². The molecule has 2 aliphatic carbocycles. The second kappa shape index (κ2) is 6.57. The van der Waals surface area contributed by atoms with Gasteiger partial charge < -0.3 is 4.43 Å². The summed E-state index contributed by atoms with van der Waals surface area (Å²) in [6.45, 7) is 14.6. The molecule has 0 radical (unpaired) electrons. The molecule has 0 aromatic heterocycles. The van der Waals surface area contributed by atoms with E-state index < -0.39 is 8.32 Å². The molecule has 0 unspecified atom stereocenters. The lowest BCUT2D eigenvalue weighted by Crippen LogP contribution is -2.68. The van der Waals surface area contributed by atoms with Crippen LogP contribution in [0.25, 0.3) is 0 Å². The van der Waals surface area contributed by atoms with Gasteiger partial charge in [-0.05, 0) is 51.4 Å². The first-order valence-electron chi connectivity index (χ1n) is 10.9. The van der Waals surface area contributed by atoms with Crippen LogP contribution in [0.5, 0.6) is 0 Å². The molecular formula is C26H36OSi. The van der Waals surface area contributed by atoms with Gasteiger partial charge in [0.15, 0.2) is 0 Å². The lowest BCUT2D eigenvalue weighted by molar-refractivity contribution is 0.0236. The van der Waals surface area contributed by atoms with Crippen molar-refractivity contribution in [2.75, 3.05) is 0 Å². The first-order chi connectivity index (χ1) is 13.1. The fourth-order valence-corrected chi connectivity index (χ4v) is 11.0. The number of benzene rings is 2. The molecule has 0 heterocycles. The third-order valence-corrected chi connectivity index (χ3v) is 13.5. The molecule has 0 saturated heterocycles. The highest BCUT2D eigenvalue weighted by Crippen LogP contribution is 2.66. The van der Waals surface area contributed by atoms with Crippen molar-refractivity contribution in [1.82, 2.24) is 0 Å². The Hall–Kier alpha value is -1.38. The van der Waals surface area contributed by atoms with Gasteiger partial charge in [0.05, 0.1) is 6.10 Å². The third kappa shape index (κ3) is 2.68. The van der Waals surface area contributed by atoms with E-state index >= 15 is 0 Å². The zero-order valence-corrected chi connectivity index (χ0v) is 19.5. The zero-order valence-electron chi connectivity index (χ0n) is 18.5. The highest BCUT2D eigenvalue weighted by atomic mass is 28.4. The number of hydrogen-bond acceptors (Lipinski definition) is 1. The maximum Gasteiger partial charge on any atom is 0.261 e. The van der Waals surface area contributed by atoms with Crippen LogP contribution in [0.2, 0.25) is 5.04 Å². The summed E-state index contributed by atoms with van der Waals surface area (Å²) in [5, 5.41) is 2.86. The van der Waals surface area contributed by atoms with E-state index in [4.69, 9.17) is 4.43 Å². The highest BCUT2D eigenvalue weighted by molar-refractivity contribution is 6.99. The van der Waals surface area contributed by atoms with Gasteiger partial charge in [0.25, 0.3) is 8.32 Å². The van der Waals surface area contributed by atoms with Gasteiger partial charge in [0.1, 0.15) is 0 Å². The molecule has 3 atom stereocenters. The molecule has 2 aromatic rings. The predicted octanol–water partition coefficient (Wildman–Crippen LogP) is 5.78. The Morgan fingerprint density at radius 3 is 1.71 bits per heavy atom. The Bertz CT molecular complexity index is 781. The van der Waals surface area contributed by atoms with Crippen LogP contribution in [-0.2, 0) is 4.43 Å². The molecule has 2 heteroatoms. The molecule has 150 valence electrons. The van der Waals surface area contributed by atoms with E-state index in [0.29, 0.717) is 11.5 Å². The summed E-state index contributed by atoms with van der Waals surface area (Å²) < 4.78 is 7.55. The van der Waals surface area contributed by atoms with E-state index in [0.717, 1.165) is 5.92 Å². The van der Waals surface area contributed by atoms with Gasteiger partial charge in [-0.25, -0.2) is 0 Å². The van der Waals surface area contributed by atoms with Gasteiger partial charge in [-0.1, -0.05) is 102 Å². The lowest BCUT2D eigenvalue weighted by Gasteiger charge is -2.49. The standard InChI is InChI=1S/C26H36OSi/c1-24(2,3)28(21-13-9-7-10-14-21,22-15-11-8-12-16-22)27-23-19-20-17-18-26(23,6)25(20,4)5/h7-16,20,23H,17-19H2,1-6H3/t20-,23+,26+/m1/s1. The Kier molecular flexibility index (Phi) is 4.67. The summed E-state index contributed by atoms with van der Waals surface area (Å²) in [7, 11) is -2.46. The molecule has 2 aliphatic rings. The van der Waals surface area contributed by atoms with Crippen LogP contribution in [0, 0.1) is 16.7 Å². The Balaban J connectivity index is 1.87. The summed E-state index contributed by atoms with van der Waals surface area (Å²) in [6.07, 6.45) is 4.22. The van der Waals surface area contributed by atoms with Gasteiger partial charge in [-0.3, -0.25) is 0 Å². The average molecular weight is 393 g/mol.